The lowest BCUT2D eigenvalue weighted by Crippen LogP contribution is -1.93. The number of hydrogen-bond acceptors (Lipinski definition) is 2. The standard InChI is InChI=1S/C8H5ClN4/c1-5-3-7(9)13-8(12-5)6(10-2)4-11-13/h3-4H,1H3. The first kappa shape index (κ1) is 8.02. The largest absolute Gasteiger partial charge is 0.250 e. The second-order valence-corrected chi connectivity index (χ2v) is 2.98. The molecule has 0 aliphatic carbocycles. The molecular weight excluding hydrogens is 188 g/mol. The quantitative estimate of drug-likeness (QED) is 0.474. The summed E-state index contributed by atoms with van der Waals surface area (Å²) in [6.07, 6.45) is 1.46. The first-order chi connectivity index (χ1) is 6.22. The normalized spacial score (nSPS) is 10.2. The molecule has 2 rings (SSSR count). The molecule has 0 aliphatic heterocycles. The average molecular weight is 193 g/mol. The minimum Gasteiger partial charge on any atom is -0.245 e. The van der Waals surface area contributed by atoms with E-state index >= 15 is 0 Å². The smallest absolute Gasteiger partial charge is 0.245 e. The van der Waals surface area contributed by atoms with Gasteiger partial charge in [0.15, 0.2) is 5.65 Å². The molecule has 0 aromatic carbocycles. The fourth-order valence-electron chi connectivity index (χ4n) is 1.11. The molecule has 0 radical (unpaired) electrons. The molecule has 0 atom stereocenters. The van der Waals surface area contributed by atoms with Crippen molar-refractivity contribution >= 4 is 22.9 Å². The van der Waals surface area contributed by atoms with Crippen LogP contribution in [0.5, 0.6) is 0 Å². The van der Waals surface area contributed by atoms with Gasteiger partial charge in [-0.2, -0.15) is 5.10 Å². The Hall–Kier alpha value is -1.60. The van der Waals surface area contributed by atoms with E-state index in [4.69, 9.17) is 18.2 Å². The third-order valence-electron chi connectivity index (χ3n) is 1.66. The Balaban J connectivity index is 2.92. The third kappa shape index (κ3) is 1.14. The maximum absolute atomic E-state index is 6.87. The summed E-state index contributed by atoms with van der Waals surface area (Å²) in [4.78, 5) is 7.46. The Morgan fingerprint density at radius 1 is 1.62 bits per heavy atom. The monoisotopic (exact) mass is 192 g/mol. The van der Waals surface area contributed by atoms with Gasteiger partial charge in [0.05, 0.1) is 12.8 Å². The van der Waals surface area contributed by atoms with Crippen LogP contribution in [-0.4, -0.2) is 14.6 Å². The van der Waals surface area contributed by atoms with Gasteiger partial charge in [0.2, 0.25) is 5.69 Å². The molecule has 0 aliphatic rings. The highest BCUT2D eigenvalue weighted by molar-refractivity contribution is 6.29. The molecule has 2 heterocycles. The maximum Gasteiger partial charge on any atom is 0.250 e. The molecule has 0 N–H and O–H groups in total. The van der Waals surface area contributed by atoms with Crippen LogP contribution >= 0.6 is 11.6 Å². The van der Waals surface area contributed by atoms with E-state index in [9.17, 15) is 0 Å². The summed E-state index contributed by atoms with van der Waals surface area (Å²) in [7, 11) is 0. The number of fused-ring (bicyclic) bond motifs is 1. The van der Waals surface area contributed by atoms with E-state index in [0.29, 0.717) is 16.5 Å². The molecule has 64 valence electrons. The summed E-state index contributed by atoms with van der Waals surface area (Å²) in [5, 5.41) is 4.41. The van der Waals surface area contributed by atoms with Gasteiger partial charge >= 0.3 is 0 Å². The first-order valence-corrected chi connectivity index (χ1v) is 3.98. The molecule has 4 nitrogen and oxygen atoms in total. The summed E-state index contributed by atoms with van der Waals surface area (Å²) in [5.74, 6) is 0. The fraction of sp³-hybridized carbons (Fsp3) is 0.125. The van der Waals surface area contributed by atoms with E-state index in [-0.39, 0.29) is 0 Å². The van der Waals surface area contributed by atoms with Crippen molar-refractivity contribution in [2.24, 2.45) is 0 Å². The van der Waals surface area contributed by atoms with E-state index < -0.39 is 0 Å². The van der Waals surface area contributed by atoms with Gasteiger partial charge in [-0.1, -0.05) is 11.6 Å². The Morgan fingerprint density at radius 3 is 3.08 bits per heavy atom. The van der Waals surface area contributed by atoms with Crippen LogP contribution in [0.25, 0.3) is 10.5 Å². The van der Waals surface area contributed by atoms with Crippen molar-refractivity contribution in [1.29, 1.82) is 0 Å². The molecule has 0 saturated carbocycles. The van der Waals surface area contributed by atoms with Gasteiger partial charge in [-0.05, 0) is 13.0 Å². The number of rotatable bonds is 0. The molecule has 13 heavy (non-hydrogen) atoms. The molecule has 0 bridgehead atoms. The van der Waals surface area contributed by atoms with E-state index in [2.05, 4.69) is 14.9 Å². The number of halogens is 1. The molecule has 2 aromatic heterocycles. The van der Waals surface area contributed by atoms with Gasteiger partial charge in [-0.15, -0.1) is 0 Å². The zero-order chi connectivity index (χ0) is 9.42. The van der Waals surface area contributed by atoms with Crippen molar-refractivity contribution in [3.8, 4) is 0 Å². The first-order valence-electron chi connectivity index (χ1n) is 3.60. The van der Waals surface area contributed by atoms with Crippen molar-refractivity contribution in [1.82, 2.24) is 14.6 Å². The maximum atomic E-state index is 6.87. The zero-order valence-electron chi connectivity index (χ0n) is 6.82. The van der Waals surface area contributed by atoms with Crippen molar-refractivity contribution in [3.05, 3.63) is 34.5 Å². The number of nitrogens with zero attached hydrogens (tertiary/aromatic N) is 4. The Labute approximate surface area is 79.6 Å². The highest BCUT2D eigenvalue weighted by Crippen LogP contribution is 2.21. The van der Waals surface area contributed by atoms with Crippen LogP contribution < -0.4 is 0 Å². The Morgan fingerprint density at radius 2 is 2.38 bits per heavy atom. The molecule has 0 fully saturated rings. The number of hydrogen-bond donors (Lipinski definition) is 0. The minimum absolute atomic E-state index is 0.422. The van der Waals surface area contributed by atoms with Crippen molar-refractivity contribution in [2.75, 3.05) is 0 Å². The van der Waals surface area contributed by atoms with Crippen molar-refractivity contribution in [3.63, 3.8) is 0 Å². The SMILES string of the molecule is [C-]#[N+]c1cnn2c(Cl)cc(C)nc12. The summed E-state index contributed by atoms with van der Waals surface area (Å²) in [6.45, 7) is 8.70. The summed E-state index contributed by atoms with van der Waals surface area (Å²) in [5.41, 5.74) is 1.72. The lowest BCUT2D eigenvalue weighted by Gasteiger charge is -1.98. The summed E-state index contributed by atoms with van der Waals surface area (Å²) in [6, 6.07) is 1.70. The topological polar surface area (TPSA) is 34.5 Å². The molecule has 2 aromatic rings. The second kappa shape index (κ2) is 2.71. The van der Waals surface area contributed by atoms with E-state index in [1.165, 1.54) is 10.7 Å². The molecular formula is C8H5ClN4. The van der Waals surface area contributed by atoms with Crippen molar-refractivity contribution < 1.29 is 0 Å². The summed E-state index contributed by atoms with van der Waals surface area (Å²) >= 11 is 5.89. The van der Waals surface area contributed by atoms with Crippen LogP contribution in [0.1, 0.15) is 5.69 Å². The van der Waals surface area contributed by atoms with Crippen molar-refractivity contribution in [2.45, 2.75) is 6.92 Å². The lowest BCUT2D eigenvalue weighted by atomic mass is 10.4. The second-order valence-electron chi connectivity index (χ2n) is 2.60. The van der Waals surface area contributed by atoms with Crippen LogP contribution in [0, 0.1) is 13.5 Å². The lowest BCUT2D eigenvalue weighted by molar-refractivity contribution is 0.930. The van der Waals surface area contributed by atoms with Crippen LogP contribution in [-0.2, 0) is 0 Å². The molecule has 0 saturated heterocycles. The average Bonchev–Trinajstić information content (AvgIpc) is 2.47. The van der Waals surface area contributed by atoms with Crippen LogP contribution in [0.3, 0.4) is 0 Å². The fourth-order valence-corrected chi connectivity index (χ4v) is 1.39. The van der Waals surface area contributed by atoms with Gasteiger partial charge < -0.3 is 0 Å². The predicted octanol–water partition coefficient (Wildman–Crippen LogP) is 2.24. The van der Waals surface area contributed by atoms with Gasteiger partial charge in [0.25, 0.3) is 0 Å². The molecule has 0 unspecified atom stereocenters. The number of aromatic nitrogens is 3. The summed E-state index contributed by atoms with van der Waals surface area (Å²) < 4.78 is 1.45. The molecule has 0 amide bonds. The zero-order valence-corrected chi connectivity index (χ0v) is 7.58. The number of aryl methyl sites for hydroxylation is 1. The van der Waals surface area contributed by atoms with E-state index in [1.807, 2.05) is 6.92 Å². The van der Waals surface area contributed by atoms with E-state index in [1.54, 1.807) is 6.07 Å². The third-order valence-corrected chi connectivity index (χ3v) is 1.93. The highest BCUT2D eigenvalue weighted by Gasteiger charge is 2.07. The predicted molar refractivity (Wildman–Crippen MR) is 49.0 cm³/mol. The van der Waals surface area contributed by atoms with E-state index in [0.717, 1.165) is 5.69 Å². The van der Waals surface area contributed by atoms with Crippen LogP contribution in [0.2, 0.25) is 5.15 Å². The molecule has 5 heteroatoms. The highest BCUT2D eigenvalue weighted by atomic mass is 35.5. The van der Waals surface area contributed by atoms with Gasteiger partial charge in [0.1, 0.15) is 5.15 Å². The minimum atomic E-state index is 0.422. The Kier molecular flexibility index (Phi) is 1.67. The molecule has 0 spiro atoms. The Bertz CT molecular complexity index is 509. The van der Waals surface area contributed by atoms with Gasteiger partial charge in [-0.3, -0.25) is 0 Å². The van der Waals surface area contributed by atoms with Crippen LogP contribution in [0.4, 0.5) is 5.69 Å². The van der Waals surface area contributed by atoms with Crippen LogP contribution in [0.15, 0.2) is 12.3 Å². The van der Waals surface area contributed by atoms with Gasteiger partial charge in [-0.25, -0.2) is 14.3 Å². The van der Waals surface area contributed by atoms with Gasteiger partial charge in [0, 0.05) is 5.69 Å².